The molecular weight excluding hydrogens is 544 g/mol. The highest BCUT2D eigenvalue weighted by Gasteiger charge is 2.33. The number of aliphatic hydroxyl groups excluding tert-OH is 2. The predicted molar refractivity (Wildman–Crippen MR) is 168 cm³/mol. The van der Waals surface area contributed by atoms with E-state index in [0.29, 0.717) is 38.3 Å². The summed E-state index contributed by atoms with van der Waals surface area (Å²) in [6.07, 6.45) is 15.1. The molecule has 236 valence electrons. The number of hydrogen-bond acceptors (Lipinski definition) is 6. The molecule has 0 bridgehead atoms. The topological polar surface area (TPSA) is 131 Å². The first-order valence-corrected chi connectivity index (χ1v) is 15.5. The Morgan fingerprint density at radius 2 is 1.72 bits per heavy atom. The molecule has 2 rings (SSSR count). The molecule has 0 aliphatic heterocycles. The lowest BCUT2D eigenvalue weighted by atomic mass is 9.82. The molecule has 3 unspecified atom stereocenters. The summed E-state index contributed by atoms with van der Waals surface area (Å²) >= 11 is 0. The van der Waals surface area contributed by atoms with Crippen LogP contribution in [0.5, 0.6) is 0 Å². The molecule has 0 heterocycles. The van der Waals surface area contributed by atoms with Crippen LogP contribution in [0.3, 0.4) is 0 Å². The Balaban J connectivity index is 2.21. The SMILES string of the molecule is C#CCCC(O)[C@H](O)C(CC1CCCCC1)NC(=O)[C@H](CC#C)NC(=O)C(CC(=O)N(C)CCNC)Cc1ccccc1. The van der Waals surface area contributed by atoms with Gasteiger partial charge in [0, 0.05) is 39.4 Å². The molecule has 9 nitrogen and oxygen atoms in total. The van der Waals surface area contributed by atoms with Gasteiger partial charge in [-0.1, -0.05) is 62.4 Å². The van der Waals surface area contributed by atoms with Gasteiger partial charge in [0.25, 0.3) is 0 Å². The van der Waals surface area contributed by atoms with Crippen LogP contribution in [-0.2, 0) is 20.8 Å². The maximum Gasteiger partial charge on any atom is 0.243 e. The van der Waals surface area contributed by atoms with Gasteiger partial charge in [0.05, 0.1) is 18.1 Å². The third kappa shape index (κ3) is 12.8. The molecule has 9 heteroatoms. The fourth-order valence-electron chi connectivity index (χ4n) is 5.56. The van der Waals surface area contributed by atoms with E-state index in [2.05, 4.69) is 27.8 Å². The lowest BCUT2D eigenvalue weighted by molar-refractivity contribution is -0.136. The number of rotatable bonds is 18. The van der Waals surface area contributed by atoms with Gasteiger partial charge in [-0.15, -0.1) is 24.7 Å². The Bertz CT molecular complexity index is 1080. The Labute approximate surface area is 257 Å². The molecule has 0 spiro atoms. The van der Waals surface area contributed by atoms with Crippen molar-refractivity contribution in [3.05, 3.63) is 35.9 Å². The van der Waals surface area contributed by atoms with Crippen molar-refractivity contribution in [1.29, 1.82) is 0 Å². The summed E-state index contributed by atoms with van der Waals surface area (Å²) < 4.78 is 0. The van der Waals surface area contributed by atoms with Crippen molar-refractivity contribution in [2.45, 2.75) is 94.9 Å². The van der Waals surface area contributed by atoms with Gasteiger partial charge in [-0.2, -0.15) is 0 Å². The summed E-state index contributed by atoms with van der Waals surface area (Å²) in [6.45, 7) is 1.11. The quantitative estimate of drug-likeness (QED) is 0.165. The van der Waals surface area contributed by atoms with Crippen molar-refractivity contribution in [2.24, 2.45) is 11.8 Å². The molecule has 5 N–H and O–H groups in total. The van der Waals surface area contributed by atoms with Crippen LogP contribution in [0, 0.1) is 36.5 Å². The Morgan fingerprint density at radius 3 is 2.35 bits per heavy atom. The van der Waals surface area contributed by atoms with Gasteiger partial charge in [-0.25, -0.2) is 0 Å². The molecule has 0 radical (unpaired) electrons. The van der Waals surface area contributed by atoms with E-state index in [1.807, 2.05) is 30.3 Å². The number of aliphatic hydroxyl groups is 2. The van der Waals surface area contributed by atoms with E-state index in [0.717, 1.165) is 37.7 Å². The normalized spacial score (nSPS) is 16.9. The summed E-state index contributed by atoms with van der Waals surface area (Å²) in [7, 11) is 3.50. The molecule has 1 aliphatic rings. The minimum absolute atomic E-state index is 0.0320. The molecule has 5 atom stereocenters. The average Bonchev–Trinajstić information content (AvgIpc) is 3.01. The van der Waals surface area contributed by atoms with E-state index < -0.39 is 42.0 Å². The second-order valence-corrected chi connectivity index (χ2v) is 11.6. The van der Waals surface area contributed by atoms with Gasteiger partial charge in [-0.3, -0.25) is 14.4 Å². The summed E-state index contributed by atoms with van der Waals surface area (Å²) in [4.78, 5) is 41.8. The maximum atomic E-state index is 13.6. The summed E-state index contributed by atoms with van der Waals surface area (Å²) in [6, 6.07) is 7.60. The first-order valence-electron chi connectivity index (χ1n) is 15.5. The number of terminal acetylenes is 2. The van der Waals surface area contributed by atoms with Gasteiger partial charge in [0.2, 0.25) is 17.7 Å². The molecule has 3 amide bonds. The van der Waals surface area contributed by atoms with Crippen LogP contribution < -0.4 is 16.0 Å². The Hall–Kier alpha value is -3.37. The standard InChI is InChI=1S/C34H50N4O5/c1-5-7-19-30(39)32(41)29(23-26-17-12-9-13-18-26)37-34(43)28(14-6-2)36-33(42)27(22-25-15-10-8-11-16-25)24-31(40)38(4)21-20-35-3/h1-2,8,10-11,15-16,26-30,32,35,39,41H,7,9,12-14,17-24H2,3-4H3,(H,36,42)(H,37,43)/t27?,28-,29?,30?,32+/m0/s1. The zero-order valence-electron chi connectivity index (χ0n) is 25.8. The smallest absolute Gasteiger partial charge is 0.243 e. The van der Waals surface area contributed by atoms with Crippen LogP contribution in [0.15, 0.2) is 30.3 Å². The molecule has 43 heavy (non-hydrogen) atoms. The van der Waals surface area contributed by atoms with E-state index in [4.69, 9.17) is 12.8 Å². The van der Waals surface area contributed by atoms with Crippen LogP contribution >= 0.6 is 0 Å². The van der Waals surface area contributed by atoms with E-state index >= 15 is 0 Å². The molecular formula is C34H50N4O5. The fourth-order valence-corrected chi connectivity index (χ4v) is 5.56. The molecule has 1 aromatic carbocycles. The van der Waals surface area contributed by atoms with Crippen molar-refractivity contribution in [3.8, 4) is 24.7 Å². The fraction of sp³-hybridized carbons (Fsp3) is 0.618. The lowest BCUT2D eigenvalue weighted by Crippen LogP contribution is -2.55. The predicted octanol–water partition coefficient (Wildman–Crippen LogP) is 2.01. The van der Waals surface area contributed by atoms with Crippen LogP contribution in [0.25, 0.3) is 0 Å². The number of nitrogens with one attached hydrogen (secondary N) is 3. The van der Waals surface area contributed by atoms with Crippen LogP contribution in [0.4, 0.5) is 0 Å². The first kappa shape index (κ1) is 35.8. The van der Waals surface area contributed by atoms with Gasteiger partial charge in [0.1, 0.15) is 12.1 Å². The van der Waals surface area contributed by atoms with Crippen molar-refractivity contribution < 1.29 is 24.6 Å². The molecule has 1 saturated carbocycles. The van der Waals surface area contributed by atoms with Crippen LogP contribution in [0.2, 0.25) is 0 Å². The number of carbonyl (C=O) groups excluding carboxylic acids is 3. The molecule has 0 aromatic heterocycles. The maximum absolute atomic E-state index is 13.6. The third-order valence-electron chi connectivity index (χ3n) is 8.23. The minimum atomic E-state index is -1.22. The number of benzene rings is 1. The third-order valence-corrected chi connectivity index (χ3v) is 8.23. The highest BCUT2D eigenvalue weighted by atomic mass is 16.3. The van der Waals surface area contributed by atoms with Gasteiger partial charge >= 0.3 is 0 Å². The first-order chi connectivity index (χ1) is 20.7. The van der Waals surface area contributed by atoms with E-state index in [1.165, 1.54) is 0 Å². The molecule has 1 aromatic rings. The number of hydrogen-bond donors (Lipinski definition) is 5. The molecule has 0 saturated heterocycles. The van der Waals surface area contributed by atoms with Crippen molar-refractivity contribution >= 4 is 17.7 Å². The van der Waals surface area contributed by atoms with E-state index in [9.17, 15) is 24.6 Å². The van der Waals surface area contributed by atoms with Crippen LogP contribution in [-0.4, -0.2) is 84.3 Å². The number of likely N-dealkylation sites (N-methyl/N-ethyl adjacent to an activating group) is 2. The van der Waals surface area contributed by atoms with E-state index in [-0.39, 0.29) is 25.2 Å². The number of amides is 3. The largest absolute Gasteiger partial charge is 0.390 e. The number of carbonyl (C=O) groups is 3. The van der Waals surface area contributed by atoms with Crippen LogP contribution in [0.1, 0.15) is 69.8 Å². The van der Waals surface area contributed by atoms with Crippen molar-refractivity contribution in [2.75, 3.05) is 27.2 Å². The average molecular weight is 595 g/mol. The minimum Gasteiger partial charge on any atom is -0.390 e. The van der Waals surface area contributed by atoms with Gasteiger partial charge in [0.15, 0.2) is 0 Å². The summed E-state index contributed by atoms with van der Waals surface area (Å²) in [5.41, 5.74) is 0.892. The Kier molecular flexibility index (Phi) is 16.5. The highest BCUT2D eigenvalue weighted by molar-refractivity contribution is 5.91. The zero-order valence-corrected chi connectivity index (χ0v) is 25.8. The zero-order chi connectivity index (χ0) is 31.6. The monoisotopic (exact) mass is 594 g/mol. The van der Waals surface area contributed by atoms with Gasteiger partial charge in [-0.05, 0) is 37.8 Å². The lowest BCUT2D eigenvalue weighted by Gasteiger charge is -2.33. The molecule has 1 aliphatic carbocycles. The van der Waals surface area contributed by atoms with Gasteiger partial charge < -0.3 is 31.1 Å². The Morgan fingerprint density at radius 1 is 1.02 bits per heavy atom. The second kappa shape index (κ2) is 19.7. The molecule has 1 fully saturated rings. The van der Waals surface area contributed by atoms with E-state index in [1.54, 1.807) is 19.0 Å². The van der Waals surface area contributed by atoms with Crippen molar-refractivity contribution in [3.63, 3.8) is 0 Å². The summed E-state index contributed by atoms with van der Waals surface area (Å²) in [5.74, 6) is 3.35. The van der Waals surface area contributed by atoms with Crippen molar-refractivity contribution in [1.82, 2.24) is 20.9 Å². The second-order valence-electron chi connectivity index (χ2n) is 11.6. The number of nitrogens with zero attached hydrogens (tertiary/aromatic N) is 1. The summed E-state index contributed by atoms with van der Waals surface area (Å²) in [5, 5.41) is 30.3. The highest BCUT2D eigenvalue weighted by Crippen LogP contribution is 2.29.